The molecule has 4 aromatic rings. The Morgan fingerprint density at radius 3 is 1.92 bits per heavy atom. The van der Waals surface area contributed by atoms with Crippen molar-refractivity contribution in [1.29, 1.82) is 0 Å². The van der Waals surface area contributed by atoms with Gasteiger partial charge >= 0.3 is 0 Å². The van der Waals surface area contributed by atoms with Crippen LogP contribution in [0.15, 0.2) is 91.1 Å². The summed E-state index contributed by atoms with van der Waals surface area (Å²) in [5.74, 6) is 0.962. The van der Waals surface area contributed by atoms with E-state index >= 15 is 0 Å². The summed E-state index contributed by atoms with van der Waals surface area (Å²) in [5.41, 5.74) is 5.70. The molecule has 2 nitrogen and oxygen atoms in total. The Kier molecular flexibility index (Phi) is 4.17. The van der Waals surface area contributed by atoms with Gasteiger partial charge in [0.2, 0.25) is 0 Å². The minimum absolute atomic E-state index is 0.962. The maximum absolute atomic E-state index is 4.93. The van der Waals surface area contributed by atoms with E-state index in [4.69, 9.17) is 4.98 Å². The first-order chi connectivity index (χ1) is 12.3. The SMILES string of the molecule is CCc1ccc(-n2cc(-c3ccccc3)nc2-c2ccccc2)cc1. The van der Waals surface area contributed by atoms with Crippen LogP contribution in [0.1, 0.15) is 12.5 Å². The van der Waals surface area contributed by atoms with E-state index in [2.05, 4.69) is 78.4 Å². The van der Waals surface area contributed by atoms with Gasteiger partial charge in [0, 0.05) is 23.0 Å². The zero-order valence-electron chi connectivity index (χ0n) is 14.3. The molecule has 0 aliphatic heterocycles. The van der Waals surface area contributed by atoms with Crippen LogP contribution < -0.4 is 0 Å². The highest BCUT2D eigenvalue weighted by atomic mass is 15.1. The van der Waals surface area contributed by atoms with Crippen LogP contribution in [0.5, 0.6) is 0 Å². The summed E-state index contributed by atoms with van der Waals surface area (Å²) in [4.78, 5) is 4.93. The molecule has 25 heavy (non-hydrogen) atoms. The van der Waals surface area contributed by atoms with Crippen molar-refractivity contribution < 1.29 is 0 Å². The van der Waals surface area contributed by atoms with E-state index in [0.717, 1.165) is 34.8 Å². The number of aryl methyl sites for hydroxylation is 1. The lowest BCUT2D eigenvalue weighted by molar-refractivity contribution is 1.06. The second-order valence-corrected chi connectivity index (χ2v) is 6.07. The number of imidazole rings is 1. The van der Waals surface area contributed by atoms with Crippen molar-refractivity contribution in [2.45, 2.75) is 13.3 Å². The monoisotopic (exact) mass is 324 g/mol. The van der Waals surface area contributed by atoms with Crippen molar-refractivity contribution >= 4 is 0 Å². The maximum Gasteiger partial charge on any atom is 0.145 e. The highest BCUT2D eigenvalue weighted by Gasteiger charge is 2.12. The van der Waals surface area contributed by atoms with Crippen molar-refractivity contribution in [3.05, 3.63) is 96.7 Å². The average molecular weight is 324 g/mol. The molecule has 0 saturated heterocycles. The molecular formula is C23H20N2. The molecule has 0 radical (unpaired) electrons. The molecule has 0 N–H and O–H groups in total. The van der Waals surface area contributed by atoms with Crippen LogP contribution in [0, 0.1) is 0 Å². The van der Waals surface area contributed by atoms with E-state index in [0.29, 0.717) is 0 Å². The first-order valence-corrected chi connectivity index (χ1v) is 8.64. The molecule has 0 bridgehead atoms. The quantitative estimate of drug-likeness (QED) is 0.466. The fourth-order valence-corrected chi connectivity index (χ4v) is 3.01. The number of aromatic nitrogens is 2. The predicted molar refractivity (Wildman–Crippen MR) is 104 cm³/mol. The summed E-state index contributed by atoms with van der Waals surface area (Å²) in [6, 6.07) is 29.4. The van der Waals surface area contributed by atoms with E-state index < -0.39 is 0 Å². The minimum atomic E-state index is 0.962. The molecule has 4 rings (SSSR count). The van der Waals surface area contributed by atoms with Gasteiger partial charge in [0.25, 0.3) is 0 Å². The van der Waals surface area contributed by atoms with Gasteiger partial charge in [0.1, 0.15) is 5.82 Å². The normalized spacial score (nSPS) is 10.8. The third-order valence-corrected chi connectivity index (χ3v) is 4.43. The highest BCUT2D eigenvalue weighted by molar-refractivity contribution is 5.67. The van der Waals surface area contributed by atoms with Gasteiger partial charge in [-0.25, -0.2) is 4.98 Å². The molecular weight excluding hydrogens is 304 g/mol. The topological polar surface area (TPSA) is 17.8 Å². The molecule has 0 spiro atoms. The molecule has 1 heterocycles. The fraction of sp³-hybridized carbons (Fsp3) is 0.0870. The Labute approximate surface area is 148 Å². The molecule has 0 saturated carbocycles. The van der Waals surface area contributed by atoms with Crippen molar-refractivity contribution in [1.82, 2.24) is 9.55 Å². The van der Waals surface area contributed by atoms with Crippen molar-refractivity contribution in [3.8, 4) is 28.3 Å². The Bertz CT molecular complexity index is 952. The predicted octanol–water partition coefficient (Wildman–Crippen LogP) is 5.77. The van der Waals surface area contributed by atoms with E-state index in [1.165, 1.54) is 5.56 Å². The lowest BCUT2D eigenvalue weighted by Crippen LogP contribution is -1.96. The lowest BCUT2D eigenvalue weighted by atomic mass is 10.1. The van der Waals surface area contributed by atoms with Gasteiger partial charge in [-0.05, 0) is 24.1 Å². The summed E-state index contributed by atoms with van der Waals surface area (Å²) in [5, 5.41) is 0. The minimum Gasteiger partial charge on any atom is -0.299 e. The van der Waals surface area contributed by atoms with E-state index in [-0.39, 0.29) is 0 Å². The second kappa shape index (κ2) is 6.78. The van der Waals surface area contributed by atoms with Gasteiger partial charge in [-0.15, -0.1) is 0 Å². The lowest BCUT2D eigenvalue weighted by Gasteiger charge is -2.08. The molecule has 1 aromatic heterocycles. The summed E-state index contributed by atoms with van der Waals surface area (Å²) in [6.07, 6.45) is 3.17. The Hall–Kier alpha value is -3.13. The number of hydrogen-bond acceptors (Lipinski definition) is 1. The molecule has 0 aliphatic rings. The standard InChI is InChI=1S/C23H20N2/c1-2-18-13-15-21(16-14-18)25-17-22(19-9-5-3-6-10-19)24-23(25)20-11-7-4-8-12-20/h3-17H,2H2,1H3. The molecule has 0 fully saturated rings. The fourth-order valence-electron chi connectivity index (χ4n) is 3.01. The van der Waals surface area contributed by atoms with Crippen LogP contribution >= 0.6 is 0 Å². The van der Waals surface area contributed by atoms with Gasteiger partial charge in [0.05, 0.1) is 5.69 Å². The Balaban J connectivity index is 1.87. The van der Waals surface area contributed by atoms with Gasteiger partial charge < -0.3 is 0 Å². The Morgan fingerprint density at radius 1 is 0.720 bits per heavy atom. The largest absolute Gasteiger partial charge is 0.299 e. The molecule has 0 unspecified atom stereocenters. The second-order valence-electron chi connectivity index (χ2n) is 6.07. The average Bonchev–Trinajstić information content (AvgIpc) is 3.15. The maximum atomic E-state index is 4.93. The molecule has 0 atom stereocenters. The van der Waals surface area contributed by atoms with E-state index in [1.54, 1.807) is 0 Å². The summed E-state index contributed by atoms with van der Waals surface area (Å²) < 4.78 is 2.18. The first-order valence-electron chi connectivity index (χ1n) is 8.64. The van der Waals surface area contributed by atoms with Crippen LogP contribution in [0.3, 0.4) is 0 Å². The third kappa shape index (κ3) is 3.11. The van der Waals surface area contributed by atoms with Crippen molar-refractivity contribution in [2.75, 3.05) is 0 Å². The van der Waals surface area contributed by atoms with Gasteiger partial charge in [-0.1, -0.05) is 79.7 Å². The summed E-state index contributed by atoms with van der Waals surface area (Å²) in [7, 11) is 0. The van der Waals surface area contributed by atoms with Crippen molar-refractivity contribution in [3.63, 3.8) is 0 Å². The zero-order valence-corrected chi connectivity index (χ0v) is 14.3. The van der Waals surface area contributed by atoms with Crippen LogP contribution in [0.4, 0.5) is 0 Å². The highest BCUT2D eigenvalue weighted by Crippen LogP contribution is 2.27. The molecule has 0 aliphatic carbocycles. The third-order valence-electron chi connectivity index (χ3n) is 4.43. The van der Waals surface area contributed by atoms with Gasteiger partial charge in [0.15, 0.2) is 0 Å². The number of benzene rings is 3. The first kappa shape index (κ1) is 15.4. The molecule has 2 heteroatoms. The Morgan fingerprint density at radius 2 is 1.32 bits per heavy atom. The van der Waals surface area contributed by atoms with Crippen LogP contribution in [-0.2, 0) is 6.42 Å². The summed E-state index contributed by atoms with van der Waals surface area (Å²) in [6.45, 7) is 2.18. The smallest absolute Gasteiger partial charge is 0.145 e. The van der Waals surface area contributed by atoms with Crippen LogP contribution in [-0.4, -0.2) is 9.55 Å². The van der Waals surface area contributed by atoms with E-state index in [9.17, 15) is 0 Å². The van der Waals surface area contributed by atoms with Gasteiger partial charge in [-0.3, -0.25) is 4.57 Å². The zero-order chi connectivity index (χ0) is 17.1. The molecule has 3 aromatic carbocycles. The number of rotatable bonds is 4. The van der Waals surface area contributed by atoms with Crippen LogP contribution in [0.25, 0.3) is 28.3 Å². The van der Waals surface area contributed by atoms with E-state index in [1.807, 2.05) is 24.3 Å². The van der Waals surface area contributed by atoms with Gasteiger partial charge in [-0.2, -0.15) is 0 Å². The van der Waals surface area contributed by atoms with Crippen LogP contribution in [0.2, 0.25) is 0 Å². The number of nitrogens with zero attached hydrogens (tertiary/aromatic N) is 2. The number of hydrogen-bond donors (Lipinski definition) is 0. The summed E-state index contributed by atoms with van der Waals surface area (Å²) >= 11 is 0. The van der Waals surface area contributed by atoms with Crippen molar-refractivity contribution in [2.24, 2.45) is 0 Å². The molecule has 122 valence electrons. The molecule has 0 amide bonds.